The first kappa shape index (κ1) is 17.1. The third-order valence-corrected chi connectivity index (χ3v) is 4.02. The van der Waals surface area contributed by atoms with Crippen molar-refractivity contribution in [2.24, 2.45) is 0 Å². The molecule has 2 rings (SSSR count). The fourth-order valence-electron chi connectivity index (χ4n) is 2.24. The van der Waals surface area contributed by atoms with Crippen molar-refractivity contribution in [2.45, 2.75) is 11.9 Å². The van der Waals surface area contributed by atoms with Crippen LogP contribution < -0.4 is 15.0 Å². The molecule has 0 spiro atoms. The molecule has 6 nitrogen and oxygen atoms in total. The molecule has 0 aliphatic heterocycles. The van der Waals surface area contributed by atoms with Crippen LogP contribution >= 0.6 is 15.9 Å². The SMILES string of the molecule is COc1ccc(Cn2ccc(C(=O)O)c(CBr)c2=O)c(OC)c1. The summed E-state index contributed by atoms with van der Waals surface area (Å²) < 4.78 is 11.9. The number of hydrogen-bond acceptors (Lipinski definition) is 4. The number of rotatable bonds is 6. The van der Waals surface area contributed by atoms with E-state index in [0.29, 0.717) is 11.5 Å². The number of pyridine rings is 1. The fraction of sp³-hybridized carbons (Fsp3) is 0.250. The average Bonchev–Trinajstić information content (AvgIpc) is 2.56. The lowest BCUT2D eigenvalue weighted by Crippen LogP contribution is -2.26. The first-order valence-electron chi connectivity index (χ1n) is 6.74. The van der Waals surface area contributed by atoms with Crippen molar-refractivity contribution in [3.8, 4) is 11.5 Å². The topological polar surface area (TPSA) is 77.8 Å². The molecule has 0 saturated heterocycles. The number of nitrogens with zero attached hydrogens (tertiary/aromatic N) is 1. The highest BCUT2D eigenvalue weighted by Gasteiger charge is 2.15. The molecule has 1 aromatic carbocycles. The second kappa shape index (κ2) is 7.32. The molecule has 0 aliphatic carbocycles. The van der Waals surface area contributed by atoms with Crippen molar-refractivity contribution in [1.29, 1.82) is 0 Å². The molecule has 7 heteroatoms. The second-order valence-corrected chi connectivity index (χ2v) is 5.32. The maximum absolute atomic E-state index is 12.5. The summed E-state index contributed by atoms with van der Waals surface area (Å²) in [6, 6.07) is 6.75. The van der Waals surface area contributed by atoms with Crippen LogP contribution in [0, 0.1) is 0 Å². The lowest BCUT2D eigenvalue weighted by atomic mass is 10.1. The highest BCUT2D eigenvalue weighted by molar-refractivity contribution is 9.08. The number of aromatic carboxylic acids is 1. The predicted octanol–water partition coefficient (Wildman–Crippen LogP) is 2.51. The van der Waals surface area contributed by atoms with Crippen LogP contribution in [0.4, 0.5) is 0 Å². The maximum Gasteiger partial charge on any atom is 0.336 e. The van der Waals surface area contributed by atoms with Crippen molar-refractivity contribution in [3.05, 3.63) is 57.5 Å². The van der Waals surface area contributed by atoms with Gasteiger partial charge < -0.3 is 19.1 Å². The largest absolute Gasteiger partial charge is 0.497 e. The number of carboxylic acids is 1. The number of carbonyl (C=O) groups is 1. The van der Waals surface area contributed by atoms with Crippen LogP contribution in [0.5, 0.6) is 11.5 Å². The van der Waals surface area contributed by atoms with Gasteiger partial charge in [0.1, 0.15) is 11.5 Å². The van der Waals surface area contributed by atoms with Gasteiger partial charge in [-0.15, -0.1) is 0 Å². The summed E-state index contributed by atoms with van der Waals surface area (Å²) in [5.74, 6) is 0.130. The van der Waals surface area contributed by atoms with E-state index in [2.05, 4.69) is 15.9 Å². The van der Waals surface area contributed by atoms with Gasteiger partial charge in [-0.05, 0) is 18.2 Å². The number of hydrogen-bond donors (Lipinski definition) is 1. The summed E-state index contributed by atoms with van der Waals surface area (Å²) >= 11 is 3.18. The average molecular weight is 382 g/mol. The van der Waals surface area contributed by atoms with Gasteiger partial charge in [-0.3, -0.25) is 4.79 Å². The molecule has 1 aromatic heterocycles. The van der Waals surface area contributed by atoms with E-state index < -0.39 is 5.97 Å². The molecule has 0 amide bonds. The van der Waals surface area contributed by atoms with Crippen molar-refractivity contribution < 1.29 is 19.4 Å². The molecule has 0 unspecified atom stereocenters. The zero-order valence-corrected chi connectivity index (χ0v) is 14.3. The summed E-state index contributed by atoms with van der Waals surface area (Å²) in [4.78, 5) is 23.6. The van der Waals surface area contributed by atoms with E-state index in [1.807, 2.05) is 6.07 Å². The van der Waals surface area contributed by atoms with E-state index >= 15 is 0 Å². The minimum Gasteiger partial charge on any atom is -0.497 e. The van der Waals surface area contributed by atoms with E-state index in [4.69, 9.17) is 14.6 Å². The monoisotopic (exact) mass is 381 g/mol. The normalized spacial score (nSPS) is 10.4. The smallest absolute Gasteiger partial charge is 0.336 e. The molecule has 0 atom stereocenters. The maximum atomic E-state index is 12.5. The van der Waals surface area contributed by atoms with Crippen molar-refractivity contribution in [3.63, 3.8) is 0 Å². The van der Waals surface area contributed by atoms with Crippen LogP contribution in [-0.2, 0) is 11.9 Å². The Morgan fingerprint density at radius 3 is 2.57 bits per heavy atom. The summed E-state index contributed by atoms with van der Waals surface area (Å²) in [5.41, 5.74) is 0.663. The summed E-state index contributed by atoms with van der Waals surface area (Å²) in [6.07, 6.45) is 1.47. The predicted molar refractivity (Wildman–Crippen MR) is 88.9 cm³/mol. The van der Waals surface area contributed by atoms with Gasteiger partial charge in [0.25, 0.3) is 5.56 Å². The van der Waals surface area contributed by atoms with Crippen LogP contribution in [-0.4, -0.2) is 29.9 Å². The number of methoxy groups -OCH3 is 2. The molecule has 1 heterocycles. The van der Waals surface area contributed by atoms with E-state index in [1.165, 1.54) is 16.8 Å². The molecule has 0 aliphatic rings. The number of benzene rings is 1. The van der Waals surface area contributed by atoms with E-state index in [1.54, 1.807) is 26.4 Å². The Balaban J connectivity index is 2.45. The summed E-state index contributed by atoms with van der Waals surface area (Å²) in [7, 11) is 3.10. The Morgan fingerprint density at radius 2 is 2.00 bits per heavy atom. The van der Waals surface area contributed by atoms with Gasteiger partial charge in [0.15, 0.2) is 0 Å². The lowest BCUT2D eigenvalue weighted by Gasteiger charge is -2.13. The molecule has 0 saturated carbocycles. The highest BCUT2D eigenvalue weighted by Crippen LogP contribution is 2.25. The molecule has 2 aromatic rings. The highest BCUT2D eigenvalue weighted by atomic mass is 79.9. The van der Waals surface area contributed by atoms with Gasteiger partial charge >= 0.3 is 5.97 Å². The Hall–Kier alpha value is -2.28. The van der Waals surface area contributed by atoms with Crippen molar-refractivity contribution in [1.82, 2.24) is 4.57 Å². The zero-order valence-electron chi connectivity index (χ0n) is 12.7. The van der Waals surface area contributed by atoms with Crippen molar-refractivity contribution in [2.75, 3.05) is 14.2 Å². The van der Waals surface area contributed by atoms with Crippen molar-refractivity contribution >= 4 is 21.9 Å². The van der Waals surface area contributed by atoms with E-state index in [9.17, 15) is 9.59 Å². The summed E-state index contributed by atoms with van der Waals surface area (Å²) in [6.45, 7) is 0.270. The van der Waals surface area contributed by atoms with Crippen LogP contribution in [0.25, 0.3) is 0 Å². The minimum atomic E-state index is -1.12. The molecule has 0 fully saturated rings. The van der Waals surface area contributed by atoms with Gasteiger partial charge in [0.05, 0.1) is 26.3 Å². The Kier molecular flexibility index (Phi) is 5.44. The first-order valence-corrected chi connectivity index (χ1v) is 7.86. The number of halogens is 1. The minimum absolute atomic E-state index is 0.00446. The number of ether oxygens (including phenoxy) is 2. The van der Waals surface area contributed by atoms with Crippen LogP contribution in [0.1, 0.15) is 21.5 Å². The number of alkyl halides is 1. The lowest BCUT2D eigenvalue weighted by molar-refractivity contribution is 0.0695. The molecule has 1 N–H and O–H groups in total. The van der Waals surface area contributed by atoms with E-state index in [-0.39, 0.29) is 28.6 Å². The van der Waals surface area contributed by atoms with Crippen LogP contribution in [0.15, 0.2) is 35.3 Å². The third kappa shape index (κ3) is 3.56. The molecule has 23 heavy (non-hydrogen) atoms. The zero-order chi connectivity index (χ0) is 17.0. The number of carboxylic acid groups (broad SMARTS) is 1. The van der Waals surface area contributed by atoms with Gasteiger partial charge in [0, 0.05) is 28.7 Å². The Labute approximate surface area is 141 Å². The van der Waals surface area contributed by atoms with Gasteiger partial charge in [0.2, 0.25) is 0 Å². The standard InChI is InChI=1S/C16H16BrNO5/c1-22-11-4-3-10(14(7-11)23-2)9-18-6-5-12(16(20)21)13(8-17)15(18)19/h3-7H,8-9H2,1-2H3,(H,20,21). The van der Waals surface area contributed by atoms with Crippen LogP contribution in [0.2, 0.25) is 0 Å². The van der Waals surface area contributed by atoms with E-state index in [0.717, 1.165) is 5.56 Å². The van der Waals surface area contributed by atoms with Crippen LogP contribution in [0.3, 0.4) is 0 Å². The first-order chi connectivity index (χ1) is 11.0. The molecular formula is C16H16BrNO5. The van der Waals surface area contributed by atoms with Gasteiger partial charge in [-0.25, -0.2) is 4.79 Å². The molecule has 0 radical (unpaired) electrons. The molecular weight excluding hydrogens is 366 g/mol. The number of aromatic nitrogens is 1. The Morgan fingerprint density at radius 1 is 1.26 bits per heavy atom. The third-order valence-electron chi connectivity index (χ3n) is 3.46. The summed E-state index contributed by atoms with van der Waals surface area (Å²) in [5, 5.41) is 9.31. The molecule has 0 bridgehead atoms. The quantitative estimate of drug-likeness (QED) is 0.777. The fourth-order valence-corrected chi connectivity index (χ4v) is 2.78. The second-order valence-electron chi connectivity index (χ2n) is 4.76. The Bertz CT molecular complexity index is 785. The van der Waals surface area contributed by atoms with Gasteiger partial charge in [-0.2, -0.15) is 0 Å². The molecule has 122 valence electrons. The van der Waals surface area contributed by atoms with Gasteiger partial charge in [-0.1, -0.05) is 15.9 Å².